The van der Waals surface area contributed by atoms with E-state index in [9.17, 15) is 9.59 Å². The molecule has 1 aromatic carbocycles. The summed E-state index contributed by atoms with van der Waals surface area (Å²) in [7, 11) is 1.55. The van der Waals surface area contributed by atoms with Gasteiger partial charge in [-0.05, 0) is 37.0 Å². The molecular formula is C18H21ClN4O4. The SMILES string of the molecule is Cn1c(=O)[nH]c(=O)c2c1nc(OCCCCCO)n2Cc1ccc(Cl)cc1. The zero-order valence-corrected chi connectivity index (χ0v) is 15.7. The number of halogens is 1. The highest BCUT2D eigenvalue weighted by molar-refractivity contribution is 6.30. The van der Waals surface area contributed by atoms with E-state index in [1.165, 1.54) is 4.57 Å². The predicted molar refractivity (Wildman–Crippen MR) is 103 cm³/mol. The zero-order valence-electron chi connectivity index (χ0n) is 14.9. The number of fused-ring (bicyclic) bond motifs is 1. The summed E-state index contributed by atoms with van der Waals surface area (Å²) in [4.78, 5) is 31.0. The summed E-state index contributed by atoms with van der Waals surface area (Å²) in [5.41, 5.74) is 0.417. The smallest absolute Gasteiger partial charge is 0.329 e. The van der Waals surface area contributed by atoms with Crippen molar-refractivity contribution in [1.29, 1.82) is 0 Å². The third-order valence-electron chi connectivity index (χ3n) is 4.26. The molecule has 0 amide bonds. The normalized spacial score (nSPS) is 11.2. The molecule has 9 heteroatoms. The largest absolute Gasteiger partial charge is 0.465 e. The number of aliphatic hydroxyl groups is 1. The van der Waals surface area contributed by atoms with E-state index in [1.54, 1.807) is 23.7 Å². The van der Waals surface area contributed by atoms with Crippen LogP contribution in [0.5, 0.6) is 6.01 Å². The first-order valence-corrected chi connectivity index (χ1v) is 9.06. The van der Waals surface area contributed by atoms with Crippen LogP contribution in [0.3, 0.4) is 0 Å². The number of aryl methyl sites for hydroxylation is 1. The number of hydrogen-bond acceptors (Lipinski definition) is 5. The number of aromatic amines is 1. The second-order valence-corrected chi connectivity index (χ2v) is 6.67. The number of aromatic nitrogens is 4. The molecule has 27 heavy (non-hydrogen) atoms. The van der Waals surface area contributed by atoms with E-state index in [2.05, 4.69) is 9.97 Å². The summed E-state index contributed by atoms with van der Waals surface area (Å²) in [5, 5.41) is 9.48. The van der Waals surface area contributed by atoms with Crippen LogP contribution >= 0.6 is 11.6 Å². The Bertz CT molecular complexity index is 1040. The van der Waals surface area contributed by atoms with Crippen molar-refractivity contribution < 1.29 is 9.84 Å². The van der Waals surface area contributed by atoms with Gasteiger partial charge in [-0.2, -0.15) is 4.98 Å². The number of rotatable bonds is 8. The van der Waals surface area contributed by atoms with Gasteiger partial charge in [0.1, 0.15) is 0 Å². The first-order chi connectivity index (χ1) is 13.0. The third kappa shape index (κ3) is 4.23. The van der Waals surface area contributed by atoms with Crippen molar-refractivity contribution in [3.05, 3.63) is 55.7 Å². The highest BCUT2D eigenvalue weighted by Crippen LogP contribution is 2.20. The van der Waals surface area contributed by atoms with Gasteiger partial charge in [-0.25, -0.2) is 4.79 Å². The van der Waals surface area contributed by atoms with Crippen LogP contribution in [0.4, 0.5) is 0 Å². The number of nitrogens with one attached hydrogen (secondary N) is 1. The molecule has 0 bridgehead atoms. The molecule has 2 aromatic heterocycles. The van der Waals surface area contributed by atoms with Gasteiger partial charge in [0.05, 0.1) is 13.2 Å². The molecule has 0 aliphatic rings. The van der Waals surface area contributed by atoms with E-state index in [4.69, 9.17) is 21.4 Å². The molecule has 0 aliphatic carbocycles. The molecule has 0 unspecified atom stereocenters. The van der Waals surface area contributed by atoms with Gasteiger partial charge in [-0.1, -0.05) is 23.7 Å². The van der Waals surface area contributed by atoms with Crippen molar-refractivity contribution in [3.8, 4) is 6.01 Å². The van der Waals surface area contributed by atoms with Gasteiger partial charge < -0.3 is 9.84 Å². The number of ether oxygens (including phenoxy) is 1. The van der Waals surface area contributed by atoms with Gasteiger partial charge >= 0.3 is 5.69 Å². The van der Waals surface area contributed by atoms with Crippen LogP contribution in [0.25, 0.3) is 11.2 Å². The van der Waals surface area contributed by atoms with Crippen LogP contribution < -0.4 is 16.0 Å². The molecule has 0 aliphatic heterocycles. The lowest BCUT2D eigenvalue weighted by atomic mass is 10.2. The molecule has 0 fully saturated rings. The van der Waals surface area contributed by atoms with E-state index in [1.807, 2.05) is 12.1 Å². The average molecular weight is 393 g/mol. The number of imidazole rings is 1. The lowest BCUT2D eigenvalue weighted by Crippen LogP contribution is -2.29. The summed E-state index contributed by atoms with van der Waals surface area (Å²) in [5.74, 6) is 0. The third-order valence-corrected chi connectivity index (χ3v) is 4.51. The van der Waals surface area contributed by atoms with E-state index in [0.717, 1.165) is 18.4 Å². The van der Waals surface area contributed by atoms with Gasteiger partial charge in [-0.15, -0.1) is 0 Å². The molecular weight excluding hydrogens is 372 g/mol. The Hall–Kier alpha value is -2.58. The predicted octanol–water partition coefficient (Wildman–Crippen LogP) is 1.67. The summed E-state index contributed by atoms with van der Waals surface area (Å²) in [6.45, 7) is 0.892. The van der Waals surface area contributed by atoms with Crippen molar-refractivity contribution in [2.24, 2.45) is 7.05 Å². The van der Waals surface area contributed by atoms with Crippen LogP contribution in [0.15, 0.2) is 33.9 Å². The maximum atomic E-state index is 12.4. The van der Waals surface area contributed by atoms with Crippen molar-refractivity contribution in [2.45, 2.75) is 25.8 Å². The van der Waals surface area contributed by atoms with Gasteiger partial charge in [0.15, 0.2) is 11.2 Å². The highest BCUT2D eigenvalue weighted by Gasteiger charge is 2.18. The summed E-state index contributed by atoms with van der Waals surface area (Å²) < 4.78 is 8.73. The zero-order chi connectivity index (χ0) is 19.4. The topological polar surface area (TPSA) is 102 Å². The van der Waals surface area contributed by atoms with Crippen molar-refractivity contribution in [2.75, 3.05) is 13.2 Å². The minimum absolute atomic E-state index is 0.145. The molecule has 0 saturated heterocycles. The molecule has 0 radical (unpaired) electrons. The fourth-order valence-corrected chi connectivity index (χ4v) is 2.92. The number of H-pyrrole nitrogens is 1. The molecule has 8 nitrogen and oxygen atoms in total. The standard InChI is InChI=1S/C18H21ClN4O4/c1-22-15-14(16(25)21-17(22)26)23(11-12-5-7-13(19)8-6-12)18(20-15)27-10-4-2-3-9-24/h5-8,24H,2-4,9-11H2,1H3,(H,21,25,26). The van der Waals surface area contributed by atoms with Crippen LogP contribution in [-0.4, -0.2) is 37.4 Å². The lowest BCUT2D eigenvalue weighted by molar-refractivity contribution is 0.253. The second kappa shape index (κ2) is 8.41. The minimum Gasteiger partial charge on any atom is -0.465 e. The Morgan fingerprint density at radius 3 is 2.63 bits per heavy atom. The fourth-order valence-electron chi connectivity index (χ4n) is 2.80. The quantitative estimate of drug-likeness (QED) is 0.568. The Morgan fingerprint density at radius 2 is 1.93 bits per heavy atom. The van der Waals surface area contributed by atoms with Gasteiger partial charge in [-0.3, -0.25) is 18.9 Å². The molecule has 0 spiro atoms. The highest BCUT2D eigenvalue weighted by atomic mass is 35.5. The molecule has 0 atom stereocenters. The van der Waals surface area contributed by atoms with Crippen LogP contribution in [0, 0.1) is 0 Å². The van der Waals surface area contributed by atoms with Gasteiger partial charge in [0, 0.05) is 18.7 Å². The average Bonchev–Trinajstić information content (AvgIpc) is 3.00. The van der Waals surface area contributed by atoms with Crippen LogP contribution in [0.1, 0.15) is 24.8 Å². The molecule has 144 valence electrons. The maximum absolute atomic E-state index is 12.4. The lowest BCUT2D eigenvalue weighted by Gasteiger charge is -2.10. The Balaban J connectivity index is 2.00. The molecule has 0 saturated carbocycles. The number of hydrogen-bond donors (Lipinski definition) is 2. The van der Waals surface area contributed by atoms with Crippen LogP contribution in [-0.2, 0) is 13.6 Å². The van der Waals surface area contributed by atoms with E-state index in [0.29, 0.717) is 24.6 Å². The fraction of sp³-hybridized carbons (Fsp3) is 0.389. The molecule has 2 heterocycles. The van der Waals surface area contributed by atoms with E-state index < -0.39 is 11.2 Å². The van der Waals surface area contributed by atoms with Crippen molar-refractivity contribution in [1.82, 2.24) is 19.1 Å². The number of benzene rings is 1. The summed E-state index contributed by atoms with van der Waals surface area (Å²) in [6, 6.07) is 7.53. The van der Waals surface area contributed by atoms with Gasteiger partial charge in [0.2, 0.25) is 0 Å². The summed E-state index contributed by atoms with van der Waals surface area (Å²) >= 11 is 5.94. The second-order valence-electron chi connectivity index (χ2n) is 6.23. The van der Waals surface area contributed by atoms with Crippen molar-refractivity contribution in [3.63, 3.8) is 0 Å². The molecule has 3 rings (SSSR count). The maximum Gasteiger partial charge on any atom is 0.329 e. The molecule has 2 N–H and O–H groups in total. The Kier molecular flexibility index (Phi) is 5.98. The van der Waals surface area contributed by atoms with E-state index in [-0.39, 0.29) is 23.8 Å². The monoisotopic (exact) mass is 392 g/mol. The molecule has 3 aromatic rings. The Labute approximate surface area is 160 Å². The minimum atomic E-state index is -0.530. The first kappa shape index (κ1) is 19.2. The Morgan fingerprint density at radius 1 is 1.19 bits per heavy atom. The first-order valence-electron chi connectivity index (χ1n) is 8.69. The number of nitrogens with zero attached hydrogens (tertiary/aromatic N) is 3. The van der Waals surface area contributed by atoms with Gasteiger partial charge in [0.25, 0.3) is 11.6 Å². The van der Waals surface area contributed by atoms with E-state index >= 15 is 0 Å². The van der Waals surface area contributed by atoms with Crippen molar-refractivity contribution >= 4 is 22.8 Å². The number of unbranched alkanes of at least 4 members (excludes halogenated alkanes) is 2. The number of aliphatic hydroxyl groups excluding tert-OH is 1. The van der Waals surface area contributed by atoms with Crippen LogP contribution in [0.2, 0.25) is 5.02 Å². The summed E-state index contributed by atoms with van der Waals surface area (Å²) in [6.07, 6.45) is 2.28.